The Morgan fingerprint density at radius 2 is 1.21 bits per heavy atom. The summed E-state index contributed by atoms with van der Waals surface area (Å²) in [5.74, 6) is 2.53. The van der Waals surface area contributed by atoms with E-state index >= 15 is 0 Å². The van der Waals surface area contributed by atoms with Crippen LogP contribution in [-0.4, -0.2) is 64.7 Å². The summed E-state index contributed by atoms with van der Waals surface area (Å²) < 4.78 is 5.73. The van der Waals surface area contributed by atoms with Crippen LogP contribution in [0.25, 0.3) is 44.4 Å². The first-order valence-corrected chi connectivity index (χ1v) is 16.9. The molecule has 2 aliphatic carbocycles. The van der Waals surface area contributed by atoms with Crippen LogP contribution in [0.2, 0.25) is 0 Å². The molecule has 5 aromatic rings. The molecule has 9 rings (SSSR count). The average molecular weight is 643 g/mol. The number of carbonyl (C=O) groups excluding carboxylic acids is 1. The predicted octanol–water partition coefficient (Wildman–Crippen LogP) is 8.17. The van der Waals surface area contributed by atoms with Gasteiger partial charge in [0.2, 0.25) is 0 Å². The standard InChI is InChI=1S/C38H38N6O4/c1-38(2,3)48-37(47)44-31-15-27(31)17-33(44)35-40-19-29(42-35)25-11-10-23-12-22(8-9-24(23)13-25)20-4-6-21(7-5-20)28-18-39-34(41-28)32-16-26-14-30(26)43(32)36(45)46/h4-13,18-19,26-27,30-33H,14-17H2,1-3H3,(H,39,41)(H,40,42)(H,45,46). The second-order valence-corrected chi connectivity index (χ2v) is 14.9. The summed E-state index contributed by atoms with van der Waals surface area (Å²) in [4.78, 5) is 44.5. The van der Waals surface area contributed by atoms with Crippen LogP contribution in [0.1, 0.15) is 70.2 Å². The fourth-order valence-corrected chi connectivity index (χ4v) is 7.99. The Bertz CT molecular complexity index is 2080. The van der Waals surface area contributed by atoms with Gasteiger partial charge in [0.05, 0.1) is 35.9 Å². The number of imidazole rings is 2. The van der Waals surface area contributed by atoms with E-state index in [1.165, 1.54) is 0 Å². The highest BCUT2D eigenvalue weighted by molar-refractivity contribution is 5.90. The maximum atomic E-state index is 13.0. The van der Waals surface area contributed by atoms with Gasteiger partial charge in [-0.05, 0) is 97.9 Å². The van der Waals surface area contributed by atoms with E-state index < -0.39 is 11.7 Å². The van der Waals surface area contributed by atoms with Crippen molar-refractivity contribution >= 4 is 23.0 Å². The van der Waals surface area contributed by atoms with Gasteiger partial charge in [-0.3, -0.25) is 9.80 Å². The van der Waals surface area contributed by atoms with Crippen molar-refractivity contribution in [3.05, 3.63) is 84.7 Å². The Hall–Kier alpha value is -5.12. The molecule has 0 bridgehead atoms. The number of benzene rings is 3. The number of aromatic nitrogens is 4. The summed E-state index contributed by atoms with van der Waals surface area (Å²) in [6.07, 6.45) is 6.31. The monoisotopic (exact) mass is 642 g/mol. The van der Waals surface area contributed by atoms with Crippen molar-refractivity contribution in [2.75, 3.05) is 0 Å². The van der Waals surface area contributed by atoms with Crippen molar-refractivity contribution in [3.63, 3.8) is 0 Å². The molecule has 2 aliphatic heterocycles. The first kappa shape index (κ1) is 29.1. The van der Waals surface area contributed by atoms with Crippen LogP contribution in [0.5, 0.6) is 0 Å². The van der Waals surface area contributed by atoms with Crippen LogP contribution in [0.3, 0.4) is 0 Å². The predicted molar refractivity (Wildman–Crippen MR) is 181 cm³/mol. The highest BCUT2D eigenvalue weighted by Crippen LogP contribution is 2.54. The molecule has 6 unspecified atom stereocenters. The third-order valence-corrected chi connectivity index (χ3v) is 10.5. The highest BCUT2D eigenvalue weighted by Gasteiger charge is 2.57. The minimum absolute atomic E-state index is 0.0952. The molecule has 2 saturated heterocycles. The maximum absolute atomic E-state index is 13.0. The first-order chi connectivity index (χ1) is 23.1. The molecule has 2 amide bonds. The zero-order valence-electron chi connectivity index (χ0n) is 27.2. The fraction of sp³-hybridized carbons (Fsp3) is 0.368. The summed E-state index contributed by atoms with van der Waals surface area (Å²) in [5, 5.41) is 12.0. The molecule has 48 heavy (non-hydrogen) atoms. The zero-order chi connectivity index (χ0) is 32.9. The molecule has 3 aromatic carbocycles. The van der Waals surface area contributed by atoms with Gasteiger partial charge in [0.15, 0.2) is 0 Å². The highest BCUT2D eigenvalue weighted by atomic mass is 16.6. The Morgan fingerprint density at radius 1 is 0.708 bits per heavy atom. The van der Waals surface area contributed by atoms with Crippen LogP contribution < -0.4 is 0 Å². The number of piperidine rings is 2. The van der Waals surface area contributed by atoms with Gasteiger partial charge < -0.3 is 19.8 Å². The van der Waals surface area contributed by atoms with Gasteiger partial charge in [-0.25, -0.2) is 19.6 Å². The van der Waals surface area contributed by atoms with Gasteiger partial charge in [-0.1, -0.05) is 48.5 Å². The second kappa shape index (κ2) is 10.4. The molecule has 6 atom stereocenters. The summed E-state index contributed by atoms with van der Waals surface area (Å²) in [7, 11) is 0. The van der Waals surface area contributed by atoms with Crippen molar-refractivity contribution in [1.82, 2.24) is 29.7 Å². The summed E-state index contributed by atoms with van der Waals surface area (Å²) in [6.45, 7) is 5.71. The Labute approximate surface area is 278 Å². The van der Waals surface area contributed by atoms with Crippen molar-refractivity contribution in [2.24, 2.45) is 11.8 Å². The number of nitrogens with zero attached hydrogens (tertiary/aromatic N) is 4. The van der Waals surface area contributed by atoms with E-state index in [9.17, 15) is 14.7 Å². The lowest BCUT2D eigenvalue weighted by atomic mass is 9.98. The van der Waals surface area contributed by atoms with E-state index in [1.54, 1.807) is 11.1 Å². The number of ether oxygens (including phenoxy) is 1. The van der Waals surface area contributed by atoms with Crippen molar-refractivity contribution < 1.29 is 19.4 Å². The molecule has 0 radical (unpaired) electrons. The van der Waals surface area contributed by atoms with Crippen LogP contribution in [-0.2, 0) is 4.74 Å². The number of amides is 2. The summed E-state index contributed by atoms with van der Waals surface area (Å²) in [5.41, 5.74) is 5.57. The number of rotatable bonds is 5. The Morgan fingerprint density at radius 3 is 1.81 bits per heavy atom. The van der Waals surface area contributed by atoms with Gasteiger partial charge in [-0.15, -0.1) is 0 Å². The number of hydrogen-bond acceptors (Lipinski definition) is 5. The lowest BCUT2D eigenvalue weighted by Crippen LogP contribution is -2.38. The number of hydrogen-bond donors (Lipinski definition) is 3. The van der Waals surface area contributed by atoms with Crippen LogP contribution >= 0.6 is 0 Å². The number of fused-ring (bicyclic) bond motifs is 3. The number of H-pyrrole nitrogens is 2. The minimum Gasteiger partial charge on any atom is -0.465 e. The van der Waals surface area contributed by atoms with E-state index in [4.69, 9.17) is 9.72 Å². The molecule has 4 heterocycles. The molecular weight excluding hydrogens is 604 g/mol. The second-order valence-electron chi connectivity index (χ2n) is 14.9. The molecular formula is C38H38N6O4. The number of nitrogens with one attached hydrogen (secondary N) is 2. The smallest absolute Gasteiger partial charge is 0.411 e. The molecule has 2 aromatic heterocycles. The van der Waals surface area contributed by atoms with Crippen molar-refractivity contribution in [3.8, 4) is 33.6 Å². The molecule has 244 valence electrons. The number of carboxylic acid groups (broad SMARTS) is 1. The maximum Gasteiger partial charge on any atom is 0.411 e. The van der Waals surface area contributed by atoms with E-state index in [1.807, 2.05) is 31.9 Å². The Kier molecular flexibility index (Phi) is 6.32. The Balaban J connectivity index is 0.907. The largest absolute Gasteiger partial charge is 0.465 e. The average Bonchev–Trinajstić information content (AvgIpc) is 3.65. The van der Waals surface area contributed by atoms with Gasteiger partial charge >= 0.3 is 12.2 Å². The van der Waals surface area contributed by atoms with Crippen molar-refractivity contribution in [1.29, 1.82) is 0 Å². The van der Waals surface area contributed by atoms with Gasteiger partial charge in [0.25, 0.3) is 0 Å². The fourth-order valence-electron chi connectivity index (χ4n) is 7.99. The van der Waals surface area contributed by atoms with E-state index in [-0.39, 0.29) is 30.3 Å². The lowest BCUT2D eigenvalue weighted by Gasteiger charge is -2.29. The molecule has 4 fully saturated rings. The third kappa shape index (κ3) is 5.01. The minimum atomic E-state index is -0.863. The number of carbonyl (C=O) groups is 2. The zero-order valence-corrected chi connectivity index (χ0v) is 27.2. The molecule has 4 aliphatic rings. The number of likely N-dealkylation sites (tertiary alicyclic amines) is 2. The van der Waals surface area contributed by atoms with Crippen LogP contribution in [0.15, 0.2) is 73.1 Å². The quantitative estimate of drug-likeness (QED) is 0.177. The van der Waals surface area contributed by atoms with Gasteiger partial charge in [0.1, 0.15) is 17.2 Å². The van der Waals surface area contributed by atoms with Gasteiger partial charge in [0, 0.05) is 17.6 Å². The van der Waals surface area contributed by atoms with E-state index in [0.29, 0.717) is 11.8 Å². The van der Waals surface area contributed by atoms with Gasteiger partial charge in [-0.2, -0.15) is 0 Å². The lowest BCUT2D eigenvalue weighted by molar-refractivity contribution is 0.0175. The molecule has 2 saturated carbocycles. The third-order valence-electron chi connectivity index (χ3n) is 10.5. The number of aromatic amines is 2. The molecule has 0 spiro atoms. The molecule has 10 nitrogen and oxygen atoms in total. The SMILES string of the molecule is CC(C)(C)OC(=O)N1C(c2ncc(-c3ccc4cc(-c5ccc(-c6cnc(C7CC8CC8N7C(=O)O)[nH]6)cc5)ccc4c3)[nH]2)CC2CC21. The molecule has 10 heteroatoms. The van der Waals surface area contributed by atoms with E-state index in [2.05, 4.69) is 75.6 Å². The molecule has 3 N–H and O–H groups in total. The summed E-state index contributed by atoms with van der Waals surface area (Å²) in [6, 6.07) is 21.4. The topological polar surface area (TPSA) is 127 Å². The first-order valence-electron chi connectivity index (χ1n) is 16.9. The van der Waals surface area contributed by atoms with Crippen molar-refractivity contribution in [2.45, 2.75) is 76.2 Å². The van der Waals surface area contributed by atoms with Crippen LogP contribution in [0, 0.1) is 11.8 Å². The van der Waals surface area contributed by atoms with Crippen LogP contribution in [0.4, 0.5) is 9.59 Å². The summed E-state index contributed by atoms with van der Waals surface area (Å²) >= 11 is 0. The normalized spacial score (nSPS) is 25.6. The van der Waals surface area contributed by atoms with E-state index in [0.717, 1.165) is 81.7 Å².